The van der Waals surface area contributed by atoms with E-state index in [0.717, 1.165) is 0 Å². The summed E-state index contributed by atoms with van der Waals surface area (Å²) in [4.78, 5) is 24.6. The number of carboxylic acids is 1. The van der Waals surface area contributed by atoms with E-state index in [1.165, 1.54) is 18.5 Å². The molecule has 2 rings (SSSR count). The fourth-order valence-corrected chi connectivity index (χ4v) is 1.32. The number of hydrogen-bond acceptors (Lipinski definition) is 6. The molecule has 19 heavy (non-hydrogen) atoms. The van der Waals surface area contributed by atoms with Crippen molar-refractivity contribution in [2.75, 3.05) is 19.0 Å². The van der Waals surface area contributed by atoms with Gasteiger partial charge in [0.15, 0.2) is 0 Å². The predicted molar refractivity (Wildman–Crippen MR) is 67.6 cm³/mol. The molecular formula is C12H12N4O3. The molecule has 2 aromatic heterocycles. The molecule has 0 amide bonds. The van der Waals surface area contributed by atoms with Crippen LogP contribution >= 0.6 is 0 Å². The first-order chi connectivity index (χ1) is 9.06. The topological polar surface area (TPSA) is 88.4 Å². The van der Waals surface area contributed by atoms with Gasteiger partial charge >= 0.3 is 5.97 Å². The van der Waals surface area contributed by atoms with E-state index < -0.39 is 5.97 Å². The lowest BCUT2D eigenvalue weighted by Crippen LogP contribution is -2.12. The monoisotopic (exact) mass is 260 g/mol. The van der Waals surface area contributed by atoms with Gasteiger partial charge in [-0.15, -0.1) is 0 Å². The van der Waals surface area contributed by atoms with E-state index in [1.807, 2.05) is 14.1 Å². The molecule has 7 nitrogen and oxygen atoms in total. The van der Waals surface area contributed by atoms with E-state index in [2.05, 4.69) is 15.0 Å². The Hall–Kier alpha value is -2.70. The predicted octanol–water partition coefficient (Wildman–Crippen LogP) is 1.43. The van der Waals surface area contributed by atoms with E-state index in [0.29, 0.717) is 17.6 Å². The van der Waals surface area contributed by atoms with Crippen LogP contribution in [0.15, 0.2) is 30.7 Å². The van der Waals surface area contributed by atoms with Gasteiger partial charge in [0.1, 0.15) is 5.75 Å². The Balaban J connectivity index is 2.23. The molecular weight excluding hydrogens is 248 g/mol. The van der Waals surface area contributed by atoms with Gasteiger partial charge < -0.3 is 14.7 Å². The molecule has 0 bridgehead atoms. The third kappa shape index (κ3) is 3.15. The lowest BCUT2D eigenvalue weighted by molar-refractivity contribution is 0.0696. The van der Waals surface area contributed by atoms with Crippen molar-refractivity contribution in [2.45, 2.75) is 0 Å². The van der Waals surface area contributed by atoms with Gasteiger partial charge in [-0.3, -0.25) is 4.98 Å². The molecule has 0 unspecified atom stereocenters. The molecule has 7 heteroatoms. The van der Waals surface area contributed by atoms with Crippen LogP contribution in [0.25, 0.3) is 0 Å². The Morgan fingerprint density at radius 3 is 2.84 bits per heavy atom. The summed E-state index contributed by atoms with van der Waals surface area (Å²) in [7, 11) is 3.62. The van der Waals surface area contributed by atoms with Gasteiger partial charge in [0, 0.05) is 32.6 Å². The first-order valence-electron chi connectivity index (χ1n) is 5.43. The maximum atomic E-state index is 10.8. The molecule has 0 aliphatic carbocycles. The highest BCUT2D eigenvalue weighted by Crippen LogP contribution is 2.20. The highest BCUT2D eigenvalue weighted by molar-refractivity contribution is 5.87. The Morgan fingerprint density at radius 1 is 1.37 bits per heavy atom. The number of pyridine rings is 1. The summed E-state index contributed by atoms with van der Waals surface area (Å²) in [5, 5.41) is 8.86. The van der Waals surface area contributed by atoms with Gasteiger partial charge in [-0.25, -0.2) is 9.78 Å². The van der Waals surface area contributed by atoms with Crippen molar-refractivity contribution < 1.29 is 14.6 Å². The maximum absolute atomic E-state index is 10.8. The number of hydrogen-bond donors (Lipinski definition) is 1. The second-order valence-electron chi connectivity index (χ2n) is 3.91. The molecule has 0 saturated heterocycles. The summed E-state index contributed by atoms with van der Waals surface area (Å²) in [5.74, 6) is 0.0702. The second kappa shape index (κ2) is 5.30. The van der Waals surface area contributed by atoms with E-state index >= 15 is 0 Å². The summed E-state index contributed by atoms with van der Waals surface area (Å²) in [5.41, 5.74) is 0.0550. The van der Waals surface area contributed by atoms with Crippen molar-refractivity contribution in [1.82, 2.24) is 15.0 Å². The molecule has 0 atom stereocenters. The summed E-state index contributed by atoms with van der Waals surface area (Å²) >= 11 is 0. The Labute approximate surface area is 109 Å². The van der Waals surface area contributed by atoms with Gasteiger partial charge in [0.25, 0.3) is 0 Å². The molecule has 0 saturated carbocycles. The van der Waals surface area contributed by atoms with Gasteiger partial charge in [-0.2, -0.15) is 4.98 Å². The van der Waals surface area contributed by atoms with Gasteiger partial charge in [0.2, 0.25) is 11.8 Å². The zero-order valence-corrected chi connectivity index (χ0v) is 10.4. The molecule has 2 heterocycles. The summed E-state index contributed by atoms with van der Waals surface area (Å²) in [6, 6.07) is 2.97. The first-order valence-corrected chi connectivity index (χ1v) is 5.43. The minimum absolute atomic E-state index is 0.0550. The van der Waals surface area contributed by atoms with Gasteiger partial charge in [-0.1, -0.05) is 0 Å². The fourth-order valence-electron chi connectivity index (χ4n) is 1.32. The van der Waals surface area contributed by atoms with E-state index in [4.69, 9.17) is 9.84 Å². The van der Waals surface area contributed by atoms with E-state index in [9.17, 15) is 4.79 Å². The molecule has 0 aromatic carbocycles. The number of rotatable bonds is 4. The molecule has 0 fully saturated rings. The number of carbonyl (C=O) groups is 1. The van der Waals surface area contributed by atoms with E-state index in [-0.39, 0.29) is 5.56 Å². The average molecular weight is 260 g/mol. The largest absolute Gasteiger partial charge is 0.478 e. The minimum Gasteiger partial charge on any atom is -0.478 e. The van der Waals surface area contributed by atoms with Crippen LogP contribution in [-0.4, -0.2) is 40.1 Å². The first kappa shape index (κ1) is 12.7. The van der Waals surface area contributed by atoms with Crippen molar-refractivity contribution in [3.63, 3.8) is 0 Å². The van der Waals surface area contributed by atoms with E-state index in [1.54, 1.807) is 17.2 Å². The van der Waals surface area contributed by atoms with Crippen LogP contribution in [-0.2, 0) is 0 Å². The molecule has 98 valence electrons. The summed E-state index contributed by atoms with van der Waals surface area (Å²) < 4.78 is 5.46. The summed E-state index contributed by atoms with van der Waals surface area (Å²) in [6.45, 7) is 0. The van der Waals surface area contributed by atoms with Crippen LogP contribution in [0.3, 0.4) is 0 Å². The number of aromatic carboxylic acids is 1. The minimum atomic E-state index is -1.06. The smallest absolute Gasteiger partial charge is 0.337 e. The fraction of sp³-hybridized carbons (Fsp3) is 0.167. The summed E-state index contributed by atoms with van der Waals surface area (Å²) in [6.07, 6.45) is 4.23. The van der Waals surface area contributed by atoms with Crippen LogP contribution in [0.5, 0.6) is 11.6 Å². The van der Waals surface area contributed by atoms with Crippen molar-refractivity contribution in [2.24, 2.45) is 0 Å². The Kier molecular flexibility index (Phi) is 3.56. The molecule has 0 radical (unpaired) electrons. The normalized spacial score (nSPS) is 10.0. The standard InChI is InChI=1S/C12H12N4O3/c1-16(2)12-14-4-3-10(15-12)19-9-5-8(11(17)18)6-13-7-9/h3-7H,1-2H3,(H,17,18). The van der Waals surface area contributed by atoms with Crippen molar-refractivity contribution in [3.05, 3.63) is 36.3 Å². The highest BCUT2D eigenvalue weighted by atomic mass is 16.5. The number of carboxylic acid groups (broad SMARTS) is 1. The van der Waals surface area contributed by atoms with Crippen molar-refractivity contribution in [1.29, 1.82) is 0 Å². The third-order valence-corrected chi connectivity index (χ3v) is 2.20. The molecule has 0 aliphatic heterocycles. The zero-order valence-electron chi connectivity index (χ0n) is 10.4. The molecule has 0 spiro atoms. The van der Waals surface area contributed by atoms with Crippen molar-refractivity contribution in [3.8, 4) is 11.6 Å². The van der Waals surface area contributed by atoms with Crippen LogP contribution in [0, 0.1) is 0 Å². The van der Waals surface area contributed by atoms with Crippen LogP contribution < -0.4 is 9.64 Å². The SMILES string of the molecule is CN(C)c1nccc(Oc2cncc(C(=O)O)c2)n1. The Morgan fingerprint density at radius 2 is 2.16 bits per heavy atom. The van der Waals surface area contributed by atoms with Crippen LogP contribution in [0.1, 0.15) is 10.4 Å². The number of nitrogens with zero attached hydrogens (tertiary/aromatic N) is 4. The number of ether oxygens (including phenoxy) is 1. The maximum Gasteiger partial charge on any atom is 0.337 e. The lowest BCUT2D eigenvalue weighted by Gasteiger charge is -2.11. The van der Waals surface area contributed by atoms with Crippen molar-refractivity contribution >= 4 is 11.9 Å². The zero-order chi connectivity index (χ0) is 13.8. The third-order valence-electron chi connectivity index (χ3n) is 2.20. The van der Waals surface area contributed by atoms with Gasteiger partial charge in [0.05, 0.1) is 11.8 Å². The Bertz CT molecular complexity index is 601. The molecule has 2 aromatic rings. The average Bonchev–Trinajstić information content (AvgIpc) is 2.39. The lowest BCUT2D eigenvalue weighted by atomic mass is 10.3. The van der Waals surface area contributed by atoms with Crippen LogP contribution in [0.2, 0.25) is 0 Å². The van der Waals surface area contributed by atoms with Crippen LogP contribution in [0.4, 0.5) is 5.95 Å². The second-order valence-corrected chi connectivity index (χ2v) is 3.91. The molecule has 1 N–H and O–H groups in total. The quantitative estimate of drug-likeness (QED) is 0.889. The van der Waals surface area contributed by atoms with Gasteiger partial charge in [-0.05, 0) is 6.07 Å². The number of anilines is 1. The number of aromatic nitrogens is 3. The molecule has 0 aliphatic rings. The highest BCUT2D eigenvalue weighted by Gasteiger charge is 2.07.